The average molecular weight is 237 g/mol. The van der Waals surface area contributed by atoms with Crippen LogP contribution in [0.3, 0.4) is 0 Å². The molecule has 1 fully saturated rings. The maximum absolute atomic E-state index is 10.4. The number of nitrogens with two attached hydrogens (primary N) is 1. The van der Waals surface area contributed by atoms with Crippen molar-refractivity contribution in [3.63, 3.8) is 0 Å². The van der Waals surface area contributed by atoms with E-state index < -0.39 is 49.8 Å². The minimum Gasteiger partial charge on any atom is -0.394 e. The Kier molecular flexibility index (Phi) is 4.59. The number of carbonyl (C=O) groups is 1. The number of aliphatic hydroxyl groups is 4. The molecule has 94 valence electrons. The summed E-state index contributed by atoms with van der Waals surface area (Å²) in [6.07, 6.45) is -6.87. The first-order chi connectivity index (χ1) is 7.47. The van der Waals surface area contributed by atoms with Gasteiger partial charge < -0.3 is 35.6 Å². The first-order valence-electron chi connectivity index (χ1n) is 4.67. The fourth-order valence-electron chi connectivity index (χ4n) is 1.37. The van der Waals surface area contributed by atoms with Gasteiger partial charge >= 0.3 is 0 Å². The molecule has 1 heterocycles. The van der Waals surface area contributed by atoms with Crippen molar-refractivity contribution >= 4 is 5.91 Å². The number of ether oxygens (including phenoxy) is 2. The van der Waals surface area contributed by atoms with Gasteiger partial charge in [0, 0.05) is 0 Å². The highest BCUT2D eigenvalue weighted by molar-refractivity contribution is 5.74. The van der Waals surface area contributed by atoms with Gasteiger partial charge in [-0.3, -0.25) is 4.79 Å². The van der Waals surface area contributed by atoms with E-state index in [9.17, 15) is 20.1 Å². The minimum absolute atomic E-state index is 0.497. The predicted octanol–water partition coefficient (Wildman–Crippen LogP) is -3.71. The molecule has 5 atom stereocenters. The first-order valence-corrected chi connectivity index (χ1v) is 4.67. The lowest BCUT2D eigenvalue weighted by atomic mass is 9.99. The minimum atomic E-state index is -1.52. The summed E-state index contributed by atoms with van der Waals surface area (Å²) in [5.74, 6) is -0.767. The van der Waals surface area contributed by atoms with Gasteiger partial charge in [0.25, 0.3) is 0 Å². The molecular weight excluding hydrogens is 222 g/mol. The van der Waals surface area contributed by atoms with Crippen LogP contribution in [0.1, 0.15) is 0 Å². The molecule has 1 amide bonds. The van der Waals surface area contributed by atoms with Crippen molar-refractivity contribution in [1.82, 2.24) is 0 Å². The zero-order chi connectivity index (χ0) is 12.3. The fourth-order valence-corrected chi connectivity index (χ4v) is 1.37. The Morgan fingerprint density at radius 3 is 2.38 bits per heavy atom. The SMILES string of the molecule is NC(=O)CO[C@@H]1OC(CO)[C@H](O)[C@H](O)C1O. The number of aliphatic hydroxyl groups excluding tert-OH is 4. The number of amides is 1. The number of primary amides is 1. The van der Waals surface area contributed by atoms with Crippen molar-refractivity contribution in [2.45, 2.75) is 30.7 Å². The maximum Gasteiger partial charge on any atom is 0.243 e. The largest absolute Gasteiger partial charge is 0.394 e. The lowest BCUT2D eigenvalue weighted by Crippen LogP contribution is -2.59. The third-order valence-electron chi connectivity index (χ3n) is 2.24. The van der Waals surface area contributed by atoms with E-state index in [1.165, 1.54) is 0 Å². The number of rotatable bonds is 4. The highest BCUT2D eigenvalue weighted by atomic mass is 16.7. The Balaban J connectivity index is 2.60. The summed E-state index contributed by atoms with van der Waals surface area (Å²) in [6, 6.07) is 0. The van der Waals surface area contributed by atoms with Gasteiger partial charge in [-0.15, -0.1) is 0 Å². The summed E-state index contributed by atoms with van der Waals surface area (Å²) in [5, 5.41) is 37.0. The van der Waals surface area contributed by atoms with Gasteiger partial charge in [-0.25, -0.2) is 0 Å². The van der Waals surface area contributed by atoms with Crippen LogP contribution >= 0.6 is 0 Å². The number of hydrogen-bond acceptors (Lipinski definition) is 7. The van der Waals surface area contributed by atoms with Crippen molar-refractivity contribution in [2.75, 3.05) is 13.2 Å². The lowest BCUT2D eigenvalue weighted by molar-refractivity contribution is -0.299. The molecule has 2 unspecified atom stereocenters. The maximum atomic E-state index is 10.4. The highest BCUT2D eigenvalue weighted by Gasteiger charge is 2.44. The molecule has 0 aromatic heterocycles. The number of hydrogen-bond donors (Lipinski definition) is 5. The van der Waals surface area contributed by atoms with Gasteiger partial charge in [0.15, 0.2) is 6.29 Å². The predicted molar refractivity (Wildman–Crippen MR) is 48.9 cm³/mol. The summed E-state index contributed by atoms with van der Waals surface area (Å²) in [7, 11) is 0. The van der Waals surface area contributed by atoms with Crippen molar-refractivity contribution in [3.8, 4) is 0 Å². The topological polar surface area (TPSA) is 142 Å². The summed E-state index contributed by atoms with van der Waals surface area (Å²) in [6.45, 7) is -1.05. The molecule has 6 N–H and O–H groups in total. The Labute approximate surface area is 91.2 Å². The third kappa shape index (κ3) is 2.88. The molecule has 1 aliphatic heterocycles. The van der Waals surface area contributed by atoms with Crippen LogP contribution in [-0.2, 0) is 14.3 Å². The van der Waals surface area contributed by atoms with E-state index in [1.807, 2.05) is 0 Å². The molecule has 0 spiro atoms. The van der Waals surface area contributed by atoms with E-state index in [0.29, 0.717) is 0 Å². The first kappa shape index (κ1) is 13.3. The Morgan fingerprint density at radius 2 is 1.88 bits per heavy atom. The Morgan fingerprint density at radius 1 is 1.25 bits per heavy atom. The van der Waals surface area contributed by atoms with E-state index in [0.717, 1.165) is 0 Å². The molecule has 1 saturated heterocycles. The molecule has 0 aromatic carbocycles. The van der Waals surface area contributed by atoms with Crippen LogP contribution in [0, 0.1) is 0 Å². The average Bonchev–Trinajstić information content (AvgIpc) is 2.25. The summed E-state index contributed by atoms with van der Waals surface area (Å²) in [4.78, 5) is 10.4. The van der Waals surface area contributed by atoms with E-state index >= 15 is 0 Å². The Bertz CT molecular complexity index is 247. The molecule has 1 aliphatic rings. The van der Waals surface area contributed by atoms with Crippen LogP contribution in [0.4, 0.5) is 0 Å². The molecule has 0 aromatic rings. The fraction of sp³-hybridized carbons (Fsp3) is 0.875. The monoisotopic (exact) mass is 237 g/mol. The summed E-state index contributed by atoms with van der Waals surface area (Å²) >= 11 is 0. The van der Waals surface area contributed by atoms with Crippen LogP contribution in [-0.4, -0.2) is 70.3 Å². The van der Waals surface area contributed by atoms with Gasteiger partial charge in [-0.1, -0.05) is 0 Å². The second-order valence-electron chi connectivity index (χ2n) is 3.47. The normalized spacial score (nSPS) is 39.6. The molecule has 1 rings (SSSR count). The zero-order valence-corrected chi connectivity index (χ0v) is 8.39. The van der Waals surface area contributed by atoms with Gasteiger partial charge in [0.1, 0.15) is 31.0 Å². The van der Waals surface area contributed by atoms with Crippen LogP contribution in [0.5, 0.6) is 0 Å². The molecule has 8 nitrogen and oxygen atoms in total. The summed E-state index contributed by atoms with van der Waals surface area (Å²) < 4.78 is 9.72. The van der Waals surface area contributed by atoms with Gasteiger partial charge in [0.05, 0.1) is 6.61 Å². The molecule has 16 heavy (non-hydrogen) atoms. The quantitative estimate of drug-likeness (QED) is 0.338. The standard InChI is InChI=1S/C8H15NO7/c9-4(11)2-15-8-7(14)6(13)5(12)3(1-10)16-8/h3,5-8,10,12-14H,1-2H2,(H2,9,11)/t3?,5-,6-,7?,8+/m0/s1. The van der Waals surface area contributed by atoms with Crippen molar-refractivity contribution in [1.29, 1.82) is 0 Å². The summed E-state index contributed by atoms with van der Waals surface area (Å²) in [5.41, 5.74) is 4.82. The van der Waals surface area contributed by atoms with Crippen molar-refractivity contribution in [2.24, 2.45) is 5.73 Å². The van der Waals surface area contributed by atoms with Gasteiger partial charge in [0.2, 0.25) is 5.91 Å². The molecule has 0 bridgehead atoms. The number of carbonyl (C=O) groups excluding carboxylic acids is 1. The molecule has 0 saturated carbocycles. The lowest BCUT2D eigenvalue weighted by Gasteiger charge is -2.39. The second-order valence-corrected chi connectivity index (χ2v) is 3.47. The third-order valence-corrected chi connectivity index (χ3v) is 2.24. The molecule has 8 heteroatoms. The van der Waals surface area contributed by atoms with E-state index in [4.69, 9.17) is 20.3 Å². The second kappa shape index (κ2) is 5.53. The molecule has 0 aliphatic carbocycles. The van der Waals surface area contributed by atoms with Crippen molar-refractivity contribution < 1.29 is 34.7 Å². The van der Waals surface area contributed by atoms with Crippen LogP contribution in [0.15, 0.2) is 0 Å². The Hall–Kier alpha value is -0.770. The molecular formula is C8H15NO7. The van der Waals surface area contributed by atoms with Gasteiger partial charge in [-0.2, -0.15) is 0 Å². The van der Waals surface area contributed by atoms with Crippen LogP contribution in [0.2, 0.25) is 0 Å². The zero-order valence-electron chi connectivity index (χ0n) is 8.39. The van der Waals surface area contributed by atoms with Gasteiger partial charge in [-0.05, 0) is 0 Å². The smallest absolute Gasteiger partial charge is 0.243 e. The highest BCUT2D eigenvalue weighted by Crippen LogP contribution is 2.21. The van der Waals surface area contributed by atoms with E-state index in [-0.39, 0.29) is 0 Å². The van der Waals surface area contributed by atoms with E-state index in [1.54, 1.807) is 0 Å². The molecule has 0 radical (unpaired) electrons. The van der Waals surface area contributed by atoms with Crippen LogP contribution < -0.4 is 5.73 Å². The van der Waals surface area contributed by atoms with Crippen molar-refractivity contribution in [3.05, 3.63) is 0 Å². The van der Waals surface area contributed by atoms with E-state index in [2.05, 4.69) is 0 Å². The van der Waals surface area contributed by atoms with Crippen LogP contribution in [0.25, 0.3) is 0 Å².